The van der Waals surface area contributed by atoms with Gasteiger partial charge in [0.1, 0.15) is 24.6 Å². The van der Waals surface area contributed by atoms with Gasteiger partial charge in [-0.05, 0) is 30.2 Å². The fraction of sp³-hybridized carbons (Fsp3) is 0.455. The van der Waals surface area contributed by atoms with E-state index in [1.165, 1.54) is 6.42 Å². The standard InChI is InChI=1S/C19H20N4O2.C3H8/c1-12(2)17-11-25-19(23-17)16-8-4-6-14(22-16)13-5-3-7-15(21-13)18-20-9-10-24-18;1-3-2/h3-8,12,17H,9-11H2,1-2H3;3H2,1-2H3. The Kier molecular flexibility index (Phi) is 6.74. The van der Waals surface area contributed by atoms with E-state index in [1.807, 2.05) is 36.4 Å². The molecule has 0 fully saturated rings. The van der Waals surface area contributed by atoms with Crippen LogP contribution in [-0.4, -0.2) is 47.6 Å². The van der Waals surface area contributed by atoms with E-state index in [2.05, 4.69) is 47.6 Å². The van der Waals surface area contributed by atoms with Gasteiger partial charge in [-0.1, -0.05) is 46.2 Å². The lowest BCUT2D eigenvalue weighted by atomic mass is 10.1. The molecule has 2 aromatic rings. The summed E-state index contributed by atoms with van der Waals surface area (Å²) in [6, 6.07) is 11.8. The van der Waals surface area contributed by atoms with E-state index in [9.17, 15) is 0 Å². The molecule has 0 amide bonds. The van der Waals surface area contributed by atoms with Gasteiger partial charge in [-0.15, -0.1) is 0 Å². The van der Waals surface area contributed by atoms with Gasteiger partial charge in [0.05, 0.1) is 24.0 Å². The van der Waals surface area contributed by atoms with Crippen molar-refractivity contribution in [3.8, 4) is 11.4 Å². The number of hydrogen-bond donors (Lipinski definition) is 0. The Labute approximate surface area is 166 Å². The smallest absolute Gasteiger partial charge is 0.235 e. The van der Waals surface area contributed by atoms with E-state index >= 15 is 0 Å². The number of ether oxygens (including phenoxy) is 2. The molecule has 6 nitrogen and oxygen atoms in total. The van der Waals surface area contributed by atoms with Crippen LogP contribution in [0.15, 0.2) is 46.4 Å². The SMILES string of the molecule is CC(C)C1COC(c2cccc(-c3cccc(C4=NCCO4)n3)n2)=N1.CCC. The molecule has 2 aliphatic heterocycles. The third-order valence-electron chi connectivity index (χ3n) is 4.23. The minimum Gasteiger partial charge on any atom is -0.474 e. The zero-order valence-corrected chi connectivity index (χ0v) is 17.1. The summed E-state index contributed by atoms with van der Waals surface area (Å²) in [5.41, 5.74) is 3.02. The van der Waals surface area contributed by atoms with Crippen molar-refractivity contribution in [1.29, 1.82) is 0 Å². The van der Waals surface area contributed by atoms with Crippen molar-refractivity contribution in [2.75, 3.05) is 19.8 Å². The van der Waals surface area contributed by atoms with Gasteiger partial charge in [-0.25, -0.2) is 20.0 Å². The monoisotopic (exact) mass is 380 g/mol. The first-order valence-electron chi connectivity index (χ1n) is 9.95. The number of nitrogens with zero attached hydrogens (tertiary/aromatic N) is 4. The van der Waals surface area contributed by atoms with Crippen molar-refractivity contribution in [2.45, 2.75) is 40.2 Å². The number of aliphatic imine (C=N–C) groups is 2. The van der Waals surface area contributed by atoms with E-state index in [0.29, 0.717) is 37.5 Å². The van der Waals surface area contributed by atoms with E-state index in [1.54, 1.807) is 0 Å². The van der Waals surface area contributed by atoms with Crippen LogP contribution in [0.3, 0.4) is 0 Å². The second-order valence-corrected chi connectivity index (χ2v) is 7.12. The Balaban J connectivity index is 0.000000706. The quantitative estimate of drug-likeness (QED) is 0.799. The molecule has 0 N–H and O–H groups in total. The summed E-state index contributed by atoms with van der Waals surface area (Å²) < 4.78 is 11.2. The van der Waals surface area contributed by atoms with Crippen LogP contribution in [0.5, 0.6) is 0 Å². The number of rotatable bonds is 4. The topological polar surface area (TPSA) is 69.0 Å². The van der Waals surface area contributed by atoms with Crippen LogP contribution in [0.1, 0.15) is 45.5 Å². The Hall–Kier alpha value is -2.76. The van der Waals surface area contributed by atoms with Crippen molar-refractivity contribution in [3.05, 3.63) is 47.8 Å². The van der Waals surface area contributed by atoms with Gasteiger partial charge in [0.15, 0.2) is 0 Å². The van der Waals surface area contributed by atoms with E-state index in [0.717, 1.165) is 22.8 Å². The molecule has 4 heterocycles. The normalized spacial score (nSPS) is 18.0. The van der Waals surface area contributed by atoms with Gasteiger partial charge >= 0.3 is 0 Å². The van der Waals surface area contributed by atoms with Gasteiger partial charge in [0.2, 0.25) is 11.8 Å². The predicted octanol–water partition coefficient (Wildman–Crippen LogP) is 4.14. The van der Waals surface area contributed by atoms with Crippen molar-refractivity contribution in [2.24, 2.45) is 15.9 Å². The minimum atomic E-state index is 0.194. The third-order valence-corrected chi connectivity index (χ3v) is 4.23. The van der Waals surface area contributed by atoms with Gasteiger partial charge in [-0.2, -0.15) is 0 Å². The second-order valence-electron chi connectivity index (χ2n) is 7.12. The summed E-state index contributed by atoms with van der Waals surface area (Å²) >= 11 is 0. The highest BCUT2D eigenvalue weighted by atomic mass is 16.5. The lowest BCUT2D eigenvalue weighted by Crippen LogP contribution is -2.13. The molecular weight excluding hydrogens is 352 g/mol. The maximum atomic E-state index is 5.74. The van der Waals surface area contributed by atoms with Crippen LogP contribution in [-0.2, 0) is 9.47 Å². The highest BCUT2D eigenvalue weighted by Gasteiger charge is 2.23. The first-order valence-corrected chi connectivity index (χ1v) is 9.95. The van der Waals surface area contributed by atoms with E-state index in [-0.39, 0.29) is 6.04 Å². The lowest BCUT2D eigenvalue weighted by molar-refractivity contribution is 0.291. The maximum absolute atomic E-state index is 5.74. The zero-order chi connectivity index (χ0) is 19.9. The van der Waals surface area contributed by atoms with Gasteiger partial charge < -0.3 is 9.47 Å². The molecule has 0 radical (unpaired) electrons. The summed E-state index contributed by atoms with van der Waals surface area (Å²) in [7, 11) is 0. The average Bonchev–Trinajstić information content (AvgIpc) is 3.41. The number of pyridine rings is 2. The molecule has 0 aromatic carbocycles. The molecule has 148 valence electrons. The highest BCUT2D eigenvalue weighted by Crippen LogP contribution is 2.20. The molecule has 0 spiro atoms. The van der Waals surface area contributed by atoms with Crippen LogP contribution in [0, 0.1) is 5.92 Å². The highest BCUT2D eigenvalue weighted by molar-refractivity contribution is 5.94. The molecule has 1 unspecified atom stereocenters. The van der Waals surface area contributed by atoms with E-state index < -0.39 is 0 Å². The van der Waals surface area contributed by atoms with Gasteiger partial charge in [-0.3, -0.25) is 0 Å². The van der Waals surface area contributed by atoms with Crippen molar-refractivity contribution >= 4 is 11.8 Å². The van der Waals surface area contributed by atoms with Crippen molar-refractivity contribution < 1.29 is 9.47 Å². The van der Waals surface area contributed by atoms with E-state index in [4.69, 9.17) is 9.47 Å². The van der Waals surface area contributed by atoms with Crippen LogP contribution >= 0.6 is 0 Å². The summed E-state index contributed by atoms with van der Waals surface area (Å²) in [4.78, 5) is 18.3. The van der Waals surface area contributed by atoms with Crippen LogP contribution in [0.4, 0.5) is 0 Å². The van der Waals surface area contributed by atoms with Gasteiger partial charge in [0, 0.05) is 0 Å². The van der Waals surface area contributed by atoms with Crippen molar-refractivity contribution in [1.82, 2.24) is 9.97 Å². The predicted molar refractivity (Wildman–Crippen MR) is 112 cm³/mol. The summed E-state index contributed by atoms with van der Waals surface area (Å²) in [5, 5.41) is 0. The van der Waals surface area contributed by atoms with Crippen molar-refractivity contribution in [3.63, 3.8) is 0 Å². The molecule has 0 saturated carbocycles. The van der Waals surface area contributed by atoms with Gasteiger partial charge in [0.25, 0.3) is 0 Å². The van der Waals surface area contributed by atoms with Crippen LogP contribution in [0.25, 0.3) is 11.4 Å². The molecule has 0 aliphatic carbocycles. The zero-order valence-electron chi connectivity index (χ0n) is 17.1. The Morgan fingerprint density at radius 3 is 1.96 bits per heavy atom. The molecule has 28 heavy (non-hydrogen) atoms. The summed E-state index contributed by atoms with van der Waals surface area (Å²) in [6.45, 7) is 10.5. The number of hydrogen-bond acceptors (Lipinski definition) is 6. The van der Waals surface area contributed by atoms with Crippen LogP contribution < -0.4 is 0 Å². The first kappa shape index (κ1) is 20.0. The molecule has 0 saturated heterocycles. The third kappa shape index (κ3) is 4.74. The molecular formula is C22H28N4O2. The molecule has 2 aromatic heterocycles. The fourth-order valence-electron chi connectivity index (χ4n) is 2.75. The lowest BCUT2D eigenvalue weighted by Gasteiger charge is -2.06. The Morgan fingerprint density at radius 1 is 0.893 bits per heavy atom. The molecule has 0 bridgehead atoms. The fourth-order valence-corrected chi connectivity index (χ4v) is 2.75. The Bertz CT molecular complexity index is 861. The average molecular weight is 380 g/mol. The molecule has 4 rings (SSSR count). The molecule has 2 aliphatic rings. The molecule has 6 heteroatoms. The molecule has 1 atom stereocenters. The first-order chi connectivity index (χ1) is 13.6. The second kappa shape index (κ2) is 9.44. The maximum Gasteiger partial charge on any atom is 0.235 e. The minimum absolute atomic E-state index is 0.194. The summed E-state index contributed by atoms with van der Waals surface area (Å²) in [5.74, 6) is 1.66. The van der Waals surface area contributed by atoms with Crippen LogP contribution in [0.2, 0.25) is 0 Å². The Morgan fingerprint density at radius 2 is 1.46 bits per heavy atom. The summed E-state index contributed by atoms with van der Waals surface area (Å²) in [6.07, 6.45) is 1.25. The number of aromatic nitrogens is 2. The largest absolute Gasteiger partial charge is 0.474 e.